The summed E-state index contributed by atoms with van der Waals surface area (Å²) in [4.78, 5) is 14.2. The Morgan fingerprint density at radius 3 is 2.62 bits per heavy atom. The first-order chi connectivity index (χ1) is 7.52. The van der Waals surface area contributed by atoms with Gasteiger partial charge in [0.2, 0.25) is 5.91 Å². The Morgan fingerprint density at radius 1 is 1.56 bits per heavy atom. The summed E-state index contributed by atoms with van der Waals surface area (Å²) in [7, 11) is 1.81. The van der Waals surface area contributed by atoms with Crippen LogP contribution in [0, 0.1) is 11.8 Å². The van der Waals surface area contributed by atoms with Gasteiger partial charge in [0.25, 0.3) is 0 Å². The number of nitrogens with two attached hydrogens (primary N) is 1. The predicted molar refractivity (Wildman–Crippen MR) is 67.1 cm³/mol. The Kier molecular flexibility index (Phi) is 5.15. The molecular formula is C11H20N2O2S. The molecule has 4 nitrogen and oxygen atoms in total. The van der Waals surface area contributed by atoms with Crippen LogP contribution in [0.5, 0.6) is 0 Å². The smallest absolute Gasteiger partial charge is 0.225 e. The van der Waals surface area contributed by atoms with Crippen molar-refractivity contribution in [1.82, 2.24) is 4.90 Å². The van der Waals surface area contributed by atoms with Gasteiger partial charge < -0.3 is 15.4 Å². The van der Waals surface area contributed by atoms with Gasteiger partial charge in [-0.25, -0.2) is 0 Å². The number of hydrogen-bond donors (Lipinski definition) is 1. The molecule has 1 fully saturated rings. The zero-order chi connectivity index (χ0) is 12.1. The molecule has 0 aliphatic carbocycles. The van der Waals surface area contributed by atoms with Crippen molar-refractivity contribution in [1.29, 1.82) is 0 Å². The van der Waals surface area contributed by atoms with Crippen LogP contribution in [0.2, 0.25) is 0 Å². The van der Waals surface area contributed by atoms with Crippen molar-refractivity contribution < 1.29 is 9.53 Å². The number of nitrogens with zero attached hydrogens (tertiary/aromatic N) is 1. The van der Waals surface area contributed by atoms with Crippen molar-refractivity contribution in [2.24, 2.45) is 17.6 Å². The Bertz CT molecular complexity index is 265. The van der Waals surface area contributed by atoms with Gasteiger partial charge in [0.15, 0.2) is 0 Å². The van der Waals surface area contributed by atoms with E-state index in [0.29, 0.717) is 24.7 Å². The summed E-state index contributed by atoms with van der Waals surface area (Å²) in [5.74, 6) is 0.368. The van der Waals surface area contributed by atoms with Crippen LogP contribution >= 0.6 is 12.2 Å². The molecule has 1 atom stereocenters. The average molecular weight is 244 g/mol. The van der Waals surface area contributed by atoms with Crippen molar-refractivity contribution in [2.75, 3.05) is 26.8 Å². The molecule has 0 saturated carbocycles. The predicted octanol–water partition coefficient (Wildman–Crippen LogP) is 0.794. The number of rotatable bonds is 4. The lowest BCUT2D eigenvalue weighted by atomic mass is 9.98. The van der Waals surface area contributed by atoms with Gasteiger partial charge in [-0.2, -0.15) is 0 Å². The van der Waals surface area contributed by atoms with E-state index in [2.05, 4.69) is 0 Å². The number of amides is 1. The fourth-order valence-electron chi connectivity index (χ4n) is 1.85. The molecule has 16 heavy (non-hydrogen) atoms. The van der Waals surface area contributed by atoms with E-state index in [9.17, 15) is 4.79 Å². The molecule has 1 aliphatic rings. The van der Waals surface area contributed by atoms with Crippen LogP contribution in [0.15, 0.2) is 0 Å². The van der Waals surface area contributed by atoms with Crippen LogP contribution in [0.25, 0.3) is 0 Å². The molecule has 0 bridgehead atoms. The monoisotopic (exact) mass is 244 g/mol. The summed E-state index contributed by atoms with van der Waals surface area (Å²) in [6.07, 6.45) is 1.65. The van der Waals surface area contributed by atoms with E-state index in [1.807, 2.05) is 14.0 Å². The number of carbonyl (C=O) groups excluding carboxylic acids is 1. The van der Waals surface area contributed by atoms with Crippen LogP contribution in [0.4, 0.5) is 0 Å². The quantitative estimate of drug-likeness (QED) is 0.743. The van der Waals surface area contributed by atoms with Gasteiger partial charge in [0.1, 0.15) is 0 Å². The molecule has 92 valence electrons. The van der Waals surface area contributed by atoms with E-state index in [0.717, 1.165) is 12.8 Å². The molecule has 1 unspecified atom stereocenters. The molecular weight excluding hydrogens is 224 g/mol. The van der Waals surface area contributed by atoms with Crippen molar-refractivity contribution in [2.45, 2.75) is 19.8 Å². The number of ether oxygens (including phenoxy) is 1. The minimum atomic E-state index is 0.0730. The molecule has 0 spiro atoms. The number of hydrogen-bond acceptors (Lipinski definition) is 3. The van der Waals surface area contributed by atoms with Gasteiger partial charge in [-0.1, -0.05) is 19.1 Å². The fourth-order valence-corrected chi connectivity index (χ4v) is 1.92. The van der Waals surface area contributed by atoms with Gasteiger partial charge in [-0.3, -0.25) is 4.79 Å². The second-order valence-corrected chi connectivity index (χ2v) is 4.88. The molecule has 1 rings (SSSR count). The van der Waals surface area contributed by atoms with E-state index in [-0.39, 0.29) is 17.7 Å². The highest BCUT2D eigenvalue weighted by Crippen LogP contribution is 2.17. The molecule has 1 saturated heterocycles. The van der Waals surface area contributed by atoms with E-state index >= 15 is 0 Å². The topological polar surface area (TPSA) is 55.6 Å². The average Bonchev–Trinajstić information content (AvgIpc) is 2.28. The summed E-state index contributed by atoms with van der Waals surface area (Å²) < 4.78 is 5.24. The first-order valence-corrected chi connectivity index (χ1v) is 6.05. The third-order valence-electron chi connectivity index (χ3n) is 2.98. The molecule has 0 aromatic rings. The van der Waals surface area contributed by atoms with Crippen LogP contribution in [-0.2, 0) is 9.53 Å². The van der Waals surface area contributed by atoms with Crippen molar-refractivity contribution in [3.8, 4) is 0 Å². The van der Waals surface area contributed by atoms with E-state index in [1.54, 1.807) is 4.90 Å². The van der Waals surface area contributed by atoms with Crippen LogP contribution < -0.4 is 5.73 Å². The molecule has 2 N–H and O–H groups in total. The van der Waals surface area contributed by atoms with Crippen molar-refractivity contribution in [3.63, 3.8) is 0 Å². The van der Waals surface area contributed by atoms with Gasteiger partial charge in [0.05, 0.1) is 4.99 Å². The first kappa shape index (κ1) is 13.4. The maximum Gasteiger partial charge on any atom is 0.225 e. The Morgan fingerprint density at radius 2 is 2.12 bits per heavy atom. The number of carbonyl (C=O) groups is 1. The van der Waals surface area contributed by atoms with Gasteiger partial charge in [-0.05, 0) is 12.8 Å². The molecule has 1 aliphatic heterocycles. The van der Waals surface area contributed by atoms with Gasteiger partial charge >= 0.3 is 0 Å². The summed E-state index contributed by atoms with van der Waals surface area (Å²) in [6, 6.07) is 0. The highest BCUT2D eigenvalue weighted by atomic mass is 32.1. The molecule has 0 radical (unpaired) electrons. The zero-order valence-corrected chi connectivity index (χ0v) is 10.8. The lowest BCUT2D eigenvalue weighted by Gasteiger charge is -2.28. The molecule has 0 aromatic heterocycles. The number of thiocarbonyl (C=S) groups is 1. The van der Waals surface area contributed by atoms with Crippen molar-refractivity contribution >= 4 is 23.1 Å². The van der Waals surface area contributed by atoms with Crippen LogP contribution in [0.3, 0.4) is 0 Å². The largest absolute Gasteiger partial charge is 0.393 e. The molecule has 1 amide bonds. The summed E-state index contributed by atoms with van der Waals surface area (Å²) in [6.45, 7) is 3.92. The fraction of sp³-hybridized carbons (Fsp3) is 0.818. The molecule has 5 heteroatoms. The Balaban J connectivity index is 2.43. The third-order valence-corrected chi connectivity index (χ3v) is 3.38. The van der Waals surface area contributed by atoms with Gasteiger partial charge in [0, 0.05) is 38.6 Å². The SMILES string of the molecule is CC(CN(C)C(=O)C1CCOCC1)C(N)=S. The first-order valence-electron chi connectivity index (χ1n) is 5.64. The van der Waals surface area contributed by atoms with Gasteiger partial charge in [-0.15, -0.1) is 0 Å². The maximum absolute atomic E-state index is 12.0. The lowest BCUT2D eigenvalue weighted by Crippen LogP contribution is -2.40. The second-order valence-electron chi connectivity index (χ2n) is 4.41. The Hall–Kier alpha value is -0.680. The summed E-state index contributed by atoms with van der Waals surface area (Å²) in [5.41, 5.74) is 5.54. The Labute approximate surface area is 102 Å². The van der Waals surface area contributed by atoms with E-state index in [4.69, 9.17) is 22.7 Å². The highest BCUT2D eigenvalue weighted by molar-refractivity contribution is 7.80. The zero-order valence-electron chi connectivity index (χ0n) is 9.94. The highest BCUT2D eigenvalue weighted by Gasteiger charge is 2.25. The third kappa shape index (κ3) is 3.72. The van der Waals surface area contributed by atoms with Crippen LogP contribution in [0.1, 0.15) is 19.8 Å². The summed E-state index contributed by atoms with van der Waals surface area (Å²) >= 11 is 4.90. The normalized spacial score (nSPS) is 19.1. The van der Waals surface area contributed by atoms with Crippen LogP contribution in [-0.4, -0.2) is 42.6 Å². The summed E-state index contributed by atoms with van der Waals surface area (Å²) in [5, 5.41) is 0. The van der Waals surface area contributed by atoms with Crippen molar-refractivity contribution in [3.05, 3.63) is 0 Å². The maximum atomic E-state index is 12.0. The lowest BCUT2D eigenvalue weighted by molar-refractivity contribution is -0.137. The molecule has 0 aromatic carbocycles. The minimum Gasteiger partial charge on any atom is -0.393 e. The van der Waals surface area contributed by atoms with E-state index < -0.39 is 0 Å². The molecule has 1 heterocycles. The second kappa shape index (κ2) is 6.15. The minimum absolute atomic E-state index is 0.0730. The van der Waals surface area contributed by atoms with E-state index in [1.165, 1.54) is 0 Å². The standard InChI is InChI=1S/C11H20N2O2S/c1-8(10(12)16)7-13(2)11(14)9-3-5-15-6-4-9/h8-9H,3-7H2,1-2H3,(H2,12,16).